The van der Waals surface area contributed by atoms with Crippen molar-refractivity contribution >= 4 is 5.97 Å². The molecule has 0 aromatic carbocycles. The van der Waals surface area contributed by atoms with Crippen LogP contribution in [-0.2, 0) is 4.79 Å². The van der Waals surface area contributed by atoms with E-state index in [4.69, 9.17) is 16.2 Å². The van der Waals surface area contributed by atoms with Crippen molar-refractivity contribution < 1.29 is 9.90 Å². The molecule has 46 valence electrons. The molecule has 5 nitrogen and oxygen atoms in total. The average Bonchev–Trinajstić information content (AvgIpc) is 1.69. The maximum atomic E-state index is 9.37. The van der Waals surface area contributed by atoms with Crippen LogP contribution >= 0.6 is 0 Å². The number of hydrogen-bond donors (Lipinski definition) is 1. The molecule has 0 spiro atoms. The van der Waals surface area contributed by atoms with Crippen molar-refractivity contribution in [2.24, 2.45) is 0 Å². The van der Waals surface area contributed by atoms with Crippen LogP contribution in [-0.4, -0.2) is 11.1 Å². The fraction of sp³-hybridized carbons (Fsp3) is 0.667. The zero-order valence-electron chi connectivity index (χ0n) is 4.40. The van der Waals surface area contributed by atoms with E-state index in [0.717, 1.165) is 0 Å². The lowest BCUT2D eigenvalue weighted by molar-refractivity contribution is -0.136. The fourth-order valence-corrected chi connectivity index (χ4v) is 0. The molecule has 0 bridgehead atoms. The van der Waals surface area contributed by atoms with Gasteiger partial charge in [-0.15, -0.1) is 0 Å². The number of carboxylic acid groups (broad SMARTS) is 1. The Morgan fingerprint density at radius 3 is 1.88 bits per heavy atom. The van der Waals surface area contributed by atoms with Crippen LogP contribution in [0.2, 0.25) is 0 Å². The Morgan fingerprint density at radius 1 is 1.75 bits per heavy atom. The average molecular weight is 116 g/mol. The molecule has 0 fully saturated rings. The van der Waals surface area contributed by atoms with E-state index in [1.165, 1.54) is 4.91 Å². The quantitative estimate of drug-likeness (QED) is 0.318. The first-order valence-electron chi connectivity index (χ1n) is 1.89. The number of carbonyl (C=O) groups is 1. The Morgan fingerprint density at radius 2 is 1.88 bits per heavy atom. The molecular formula is C3H6N3O2-. The van der Waals surface area contributed by atoms with Crippen molar-refractivity contribution in [1.29, 1.82) is 0 Å². The van der Waals surface area contributed by atoms with Gasteiger partial charge in [-0.25, -0.2) is 0 Å². The molecule has 0 saturated heterocycles. The third-order valence-electron chi connectivity index (χ3n) is 0.302. The van der Waals surface area contributed by atoms with Gasteiger partial charge in [0, 0.05) is 6.42 Å². The summed E-state index contributed by atoms with van der Waals surface area (Å²) in [5.41, 5.74) is 13.5. The first kappa shape index (κ1) is 9.91. The van der Waals surface area contributed by atoms with Crippen LogP contribution < -0.4 is 0 Å². The van der Waals surface area contributed by atoms with Gasteiger partial charge in [-0.2, -0.15) is 0 Å². The predicted molar refractivity (Wildman–Crippen MR) is 28.0 cm³/mol. The minimum Gasteiger partial charge on any atom is -0.481 e. The summed E-state index contributed by atoms with van der Waals surface area (Å²) in [4.78, 5) is 10.9. The predicted octanol–water partition coefficient (Wildman–Crippen LogP) is 1.35. The van der Waals surface area contributed by atoms with E-state index in [9.17, 15) is 4.79 Å². The van der Waals surface area contributed by atoms with Crippen molar-refractivity contribution in [2.75, 3.05) is 0 Å². The topological polar surface area (TPSA) is 96.0 Å². The second kappa shape index (κ2) is 9.24. The largest absolute Gasteiger partial charge is 0.481 e. The van der Waals surface area contributed by atoms with Gasteiger partial charge < -0.3 is 16.2 Å². The Labute approximate surface area is 46.4 Å². The van der Waals surface area contributed by atoms with E-state index < -0.39 is 5.97 Å². The lowest BCUT2D eigenvalue weighted by Crippen LogP contribution is -1.86. The molecule has 0 amide bonds. The highest BCUT2D eigenvalue weighted by atomic mass is 16.4. The number of carboxylic acids is 1. The van der Waals surface area contributed by atoms with Gasteiger partial charge in [-0.3, -0.25) is 9.71 Å². The number of nitrogens with zero attached hydrogens (tertiary/aromatic N) is 3. The second-order valence-electron chi connectivity index (χ2n) is 0.837. The highest BCUT2D eigenvalue weighted by Gasteiger charge is 1.80. The van der Waals surface area contributed by atoms with E-state index in [0.29, 0.717) is 0 Å². The molecule has 5 heteroatoms. The van der Waals surface area contributed by atoms with Crippen LogP contribution in [0.15, 0.2) is 0 Å². The van der Waals surface area contributed by atoms with E-state index in [2.05, 4.69) is 0 Å². The second-order valence-corrected chi connectivity index (χ2v) is 0.837. The highest BCUT2D eigenvalue weighted by molar-refractivity contribution is 5.66. The summed E-state index contributed by atoms with van der Waals surface area (Å²) >= 11 is 0. The summed E-state index contributed by atoms with van der Waals surface area (Å²) in [6.45, 7) is 1.60. The van der Waals surface area contributed by atoms with E-state index in [1.54, 1.807) is 6.92 Å². The van der Waals surface area contributed by atoms with Crippen LogP contribution in [0.25, 0.3) is 16.0 Å². The number of rotatable bonds is 1. The van der Waals surface area contributed by atoms with Crippen molar-refractivity contribution in [1.82, 2.24) is 0 Å². The summed E-state index contributed by atoms with van der Waals surface area (Å²) in [6, 6.07) is 0. The Hall–Kier alpha value is -1.22. The zero-order valence-corrected chi connectivity index (χ0v) is 4.40. The molecule has 0 aromatic heterocycles. The van der Waals surface area contributed by atoms with Gasteiger partial charge in [0.1, 0.15) is 0 Å². The molecule has 0 saturated carbocycles. The molecule has 8 heavy (non-hydrogen) atoms. The molecule has 0 heterocycles. The first-order chi connectivity index (χ1) is 3.68. The molecule has 0 aliphatic heterocycles. The third kappa shape index (κ3) is 112. The third-order valence-corrected chi connectivity index (χ3v) is 0.302. The summed E-state index contributed by atoms with van der Waals surface area (Å²) in [5.74, 6) is -0.745. The number of hydrogen-bond acceptors (Lipinski definition) is 1. The molecule has 0 atom stereocenters. The van der Waals surface area contributed by atoms with Gasteiger partial charge in [0.25, 0.3) is 0 Å². The van der Waals surface area contributed by atoms with E-state index >= 15 is 0 Å². The SMILES string of the molecule is CCC(=O)O.[N-]=[N+]=[N-]. The molecule has 0 aliphatic carbocycles. The molecule has 0 aliphatic rings. The highest BCUT2D eigenvalue weighted by Crippen LogP contribution is 1.67. The Balaban J connectivity index is 0. The van der Waals surface area contributed by atoms with Crippen LogP contribution in [0.3, 0.4) is 0 Å². The van der Waals surface area contributed by atoms with Gasteiger partial charge >= 0.3 is 5.97 Å². The van der Waals surface area contributed by atoms with E-state index in [1.807, 2.05) is 0 Å². The van der Waals surface area contributed by atoms with Crippen molar-refractivity contribution in [3.05, 3.63) is 16.0 Å². The lowest BCUT2D eigenvalue weighted by atomic mass is 10.5. The van der Waals surface area contributed by atoms with Gasteiger partial charge in [-0.1, -0.05) is 6.92 Å². The summed E-state index contributed by atoms with van der Waals surface area (Å²) in [5, 5.41) is 7.72. The van der Waals surface area contributed by atoms with Gasteiger partial charge in [0.2, 0.25) is 0 Å². The fourth-order valence-electron chi connectivity index (χ4n) is 0. The normalized spacial score (nSPS) is 5.62. The summed E-state index contributed by atoms with van der Waals surface area (Å²) in [7, 11) is 0. The molecule has 0 aromatic rings. The standard InChI is InChI=1S/C3H6O2.N3/c1-2-3(4)5;1-3-2/h2H2,1H3,(H,4,5);/q;-1. The van der Waals surface area contributed by atoms with Crippen LogP contribution in [0.5, 0.6) is 0 Å². The molecular weight excluding hydrogens is 110 g/mol. The Kier molecular flexibility index (Phi) is 11.5. The molecule has 0 radical (unpaired) electrons. The van der Waals surface area contributed by atoms with Crippen LogP contribution in [0, 0.1) is 0 Å². The van der Waals surface area contributed by atoms with Gasteiger partial charge in [-0.05, 0) is 0 Å². The number of aliphatic carboxylic acids is 1. The monoisotopic (exact) mass is 116 g/mol. The first-order valence-corrected chi connectivity index (χ1v) is 1.89. The maximum Gasteiger partial charge on any atom is 0.303 e. The minimum absolute atomic E-state index is 0.222. The minimum atomic E-state index is -0.745. The van der Waals surface area contributed by atoms with Crippen molar-refractivity contribution in [2.45, 2.75) is 13.3 Å². The molecule has 0 rings (SSSR count). The smallest absolute Gasteiger partial charge is 0.303 e. The van der Waals surface area contributed by atoms with E-state index in [-0.39, 0.29) is 6.42 Å². The van der Waals surface area contributed by atoms with Gasteiger partial charge in [0.15, 0.2) is 0 Å². The summed E-state index contributed by atoms with van der Waals surface area (Å²) < 4.78 is 0. The molecule has 0 unspecified atom stereocenters. The van der Waals surface area contributed by atoms with Crippen LogP contribution in [0.1, 0.15) is 13.3 Å². The maximum absolute atomic E-state index is 9.37. The van der Waals surface area contributed by atoms with Gasteiger partial charge in [0.05, 0.1) is 0 Å². The summed E-state index contributed by atoms with van der Waals surface area (Å²) in [6.07, 6.45) is 0.222. The van der Waals surface area contributed by atoms with Crippen molar-refractivity contribution in [3.8, 4) is 0 Å². The zero-order chi connectivity index (χ0) is 6.99. The molecule has 1 N–H and O–H groups in total. The van der Waals surface area contributed by atoms with Crippen molar-refractivity contribution in [3.63, 3.8) is 0 Å². The lowest BCUT2D eigenvalue weighted by Gasteiger charge is -1.71. The van der Waals surface area contributed by atoms with Crippen LogP contribution in [0.4, 0.5) is 0 Å². The Bertz CT molecular complexity index is 94.7.